The van der Waals surface area contributed by atoms with E-state index in [-0.39, 0.29) is 0 Å². The van der Waals surface area contributed by atoms with Crippen LogP contribution in [0.5, 0.6) is 0 Å². The van der Waals surface area contributed by atoms with Crippen LogP contribution in [0.2, 0.25) is 10.0 Å². The van der Waals surface area contributed by atoms with Gasteiger partial charge in [-0.15, -0.1) is 0 Å². The molecule has 0 bridgehead atoms. The van der Waals surface area contributed by atoms with Gasteiger partial charge in [-0.25, -0.2) is 4.98 Å². The van der Waals surface area contributed by atoms with E-state index in [2.05, 4.69) is 15.2 Å². The van der Waals surface area contributed by atoms with Crippen molar-refractivity contribution in [3.63, 3.8) is 0 Å². The molecular weight excluding hydrogens is 293 g/mol. The smallest absolute Gasteiger partial charge is 0.129 e. The first kappa shape index (κ1) is 15.1. The van der Waals surface area contributed by atoms with E-state index in [0.717, 1.165) is 28.6 Å². The first-order valence-electron chi connectivity index (χ1n) is 6.35. The Morgan fingerprint density at radius 2 is 2.00 bits per heavy atom. The van der Waals surface area contributed by atoms with Crippen molar-refractivity contribution in [1.82, 2.24) is 10.3 Å². The second kappa shape index (κ2) is 6.93. The van der Waals surface area contributed by atoms with Gasteiger partial charge >= 0.3 is 0 Å². The molecule has 0 aliphatic rings. The first-order chi connectivity index (χ1) is 9.60. The average molecular weight is 310 g/mol. The normalized spacial score (nSPS) is 10.6. The first-order valence-corrected chi connectivity index (χ1v) is 7.11. The van der Waals surface area contributed by atoms with Gasteiger partial charge in [0.25, 0.3) is 0 Å². The van der Waals surface area contributed by atoms with Crippen molar-refractivity contribution in [2.24, 2.45) is 0 Å². The molecule has 1 aromatic carbocycles. The minimum Gasteiger partial charge on any atom is -0.355 e. The Hall–Kier alpha value is -1.29. The summed E-state index contributed by atoms with van der Waals surface area (Å²) >= 11 is 12.1. The van der Waals surface area contributed by atoms with Gasteiger partial charge in [-0.05, 0) is 36.9 Å². The van der Waals surface area contributed by atoms with E-state index in [1.54, 1.807) is 0 Å². The second-order valence-corrected chi connectivity index (χ2v) is 5.46. The SMILES string of the molecule is CNCc1nc(N(C)Cc2cccc(Cl)c2)ccc1Cl. The summed E-state index contributed by atoms with van der Waals surface area (Å²) in [7, 11) is 3.88. The Morgan fingerprint density at radius 3 is 2.70 bits per heavy atom. The van der Waals surface area contributed by atoms with E-state index in [9.17, 15) is 0 Å². The van der Waals surface area contributed by atoms with Gasteiger partial charge in [-0.2, -0.15) is 0 Å². The number of hydrogen-bond acceptors (Lipinski definition) is 3. The maximum absolute atomic E-state index is 6.12. The van der Waals surface area contributed by atoms with Gasteiger partial charge in [0.1, 0.15) is 5.82 Å². The molecule has 5 heteroatoms. The second-order valence-electron chi connectivity index (χ2n) is 4.61. The summed E-state index contributed by atoms with van der Waals surface area (Å²) in [4.78, 5) is 6.65. The quantitative estimate of drug-likeness (QED) is 0.912. The van der Waals surface area contributed by atoms with Crippen molar-refractivity contribution in [3.8, 4) is 0 Å². The lowest BCUT2D eigenvalue weighted by atomic mass is 10.2. The van der Waals surface area contributed by atoms with Crippen molar-refractivity contribution in [2.45, 2.75) is 13.1 Å². The lowest BCUT2D eigenvalue weighted by Gasteiger charge is -2.19. The van der Waals surface area contributed by atoms with Gasteiger partial charge in [0, 0.05) is 25.2 Å². The number of hydrogen-bond donors (Lipinski definition) is 1. The molecule has 2 rings (SSSR count). The summed E-state index contributed by atoms with van der Waals surface area (Å²) in [5.74, 6) is 0.889. The maximum atomic E-state index is 6.12. The minimum atomic E-state index is 0.650. The lowest BCUT2D eigenvalue weighted by Crippen LogP contribution is -2.19. The van der Waals surface area contributed by atoms with Gasteiger partial charge in [-0.1, -0.05) is 35.3 Å². The lowest BCUT2D eigenvalue weighted by molar-refractivity contribution is 0.783. The number of nitrogens with zero attached hydrogens (tertiary/aromatic N) is 2. The van der Waals surface area contributed by atoms with E-state index in [1.807, 2.05) is 50.5 Å². The summed E-state index contributed by atoms with van der Waals surface area (Å²) in [6.07, 6.45) is 0. The van der Waals surface area contributed by atoms with Gasteiger partial charge in [0.15, 0.2) is 0 Å². The van der Waals surface area contributed by atoms with Crippen LogP contribution in [0.25, 0.3) is 0 Å². The van der Waals surface area contributed by atoms with E-state index >= 15 is 0 Å². The number of halogens is 2. The Morgan fingerprint density at radius 1 is 1.20 bits per heavy atom. The third-order valence-corrected chi connectivity index (χ3v) is 3.53. The molecule has 0 aliphatic carbocycles. The zero-order valence-electron chi connectivity index (χ0n) is 11.5. The van der Waals surface area contributed by atoms with E-state index in [1.165, 1.54) is 0 Å². The fourth-order valence-electron chi connectivity index (χ4n) is 1.97. The average Bonchev–Trinajstić information content (AvgIpc) is 2.41. The molecule has 1 N–H and O–H groups in total. The molecule has 0 aliphatic heterocycles. The van der Waals surface area contributed by atoms with Crippen molar-refractivity contribution < 1.29 is 0 Å². The number of aromatic nitrogens is 1. The van der Waals surface area contributed by atoms with E-state index in [4.69, 9.17) is 23.2 Å². The zero-order valence-corrected chi connectivity index (χ0v) is 13.0. The monoisotopic (exact) mass is 309 g/mol. The molecule has 3 nitrogen and oxygen atoms in total. The van der Waals surface area contributed by atoms with Crippen LogP contribution in [-0.2, 0) is 13.1 Å². The van der Waals surface area contributed by atoms with Crippen molar-refractivity contribution >= 4 is 29.0 Å². The molecule has 20 heavy (non-hydrogen) atoms. The summed E-state index contributed by atoms with van der Waals surface area (Å²) in [6, 6.07) is 11.6. The van der Waals surface area contributed by atoms with Gasteiger partial charge in [0.05, 0.1) is 10.7 Å². The highest BCUT2D eigenvalue weighted by molar-refractivity contribution is 6.31. The minimum absolute atomic E-state index is 0.650. The summed E-state index contributed by atoms with van der Waals surface area (Å²) in [5, 5.41) is 4.49. The number of nitrogens with one attached hydrogen (secondary N) is 1. The molecule has 0 saturated heterocycles. The topological polar surface area (TPSA) is 28.2 Å². The molecule has 0 amide bonds. The zero-order chi connectivity index (χ0) is 14.5. The molecule has 0 unspecified atom stereocenters. The van der Waals surface area contributed by atoms with Crippen LogP contribution in [0.4, 0.5) is 5.82 Å². The van der Waals surface area contributed by atoms with Gasteiger partial charge in [-0.3, -0.25) is 0 Å². The predicted octanol–water partition coefficient (Wildman–Crippen LogP) is 3.74. The molecule has 2 aromatic rings. The molecule has 106 valence electrons. The Balaban J connectivity index is 2.16. The van der Waals surface area contributed by atoms with Crippen LogP contribution in [-0.4, -0.2) is 19.1 Å². The number of benzene rings is 1. The van der Waals surface area contributed by atoms with Crippen molar-refractivity contribution in [1.29, 1.82) is 0 Å². The highest BCUT2D eigenvalue weighted by Gasteiger charge is 2.08. The fourth-order valence-corrected chi connectivity index (χ4v) is 2.35. The third-order valence-electron chi connectivity index (χ3n) is 2.95. The molecular formula is C15H17Cl2N3. The van der Waals surface area contributed by atoms with Crippen LogP contribution in [0.1, 0.15) is 11.3 Å². The highest BCUT2D eigenvalue weighted by atomic mass is 35.5. The molecule has 0 saturated carbocycles. The van der Waals surface area contributed by atoms with Gasteiger partial charge < -0.3 is 10.2 Å². The summed E-state index contributed by atoms with van der Waals surface area (Å²) in [5.41, 5.74) is 2.00. The Labute approximate surface area is 129 Å². The van der Waals surface area contributed by atoms with Crippen LogP contribution in [0.15, 0.2) is 36.4 Å². The van der Waals surface area contributed by atoms with E-state index in [0.29, 0.717) is 11.6 Å². The van der Waals surface area contributed by atoms with Crippen LogP contribution in [0, 0.1) is 0 Å². The standard InChI is InChI=1S/C15H17Cl2N3/c1-18-9-14-13(17)6-7-15(19-14)20(2)10-11-4-3-5-12(16)8-11/h3-8,18H,9-10H2,1-2H3. The van der Waals surface area contributed by atoms with E-state index < -0.39 is 0 Å². The van der Waals surface area contributed by atoms with Gasteiger partial charge in [0.2, 0.25) is 0 Å². The molecule has 0 spiro atoms. The summed E-state index contributed by atoms with van der Waals surface area (Å²) in [6.45, 7) is 1.39. The number of anilines is 1. The van der Waals surface area contributed by atoms with Crippen LogP contribution in [0.3, 0.4) is 0 Å². The maximum Gasteiger partial charge on any atom is 0.129 e. The molecule has 0 fully saturated rings. The fraction of sp³-hybridized carbons (Fsp3) is 0.267. The van der Waals surface area contributed by atoms with Crippen molar-refractivity contribution in [2.75, 3.05) is 19.0 Å². The summed E-state index contributed by atoms with van der Waals surface area (Å²) < 4.78 is 0. The Bertz CT molecular complexity index is 587. The third kappa shape index (κ3) is 3.85. The van der Waals surface area contributed by atoms with Crippen molar-refractivity contribution in [3.05, 3.63) is 57.7 Å². The van der Waals surface area contributed by atoms with Crippen LogP contribution < -0.4 is 10.2 Å². The predicted molar refractivity (Wildman–Crippen MR) is 85.6 cm³/mol. The largest absolute Gasteiger partial charge is 0.355 e. The number of pyridine rings is 1. The van der Waals surface area contributed by atoms with Crippen LogP contribution >= 0.6 is 23.2 Å². The molecule has 0 atom stereocenters. The molecule has 0 radical (unpaired) electrons. The highest BCUT2D eigenvalue weighted by Crippen LogP contribution is 2.20. The number of rotatable bonds is 5. The molecule has 1 heterocycles. The molecule has 1 aromatic heterocycles. The Kier molecular flexibility index (Phi) is 5.24.